The van der Waals surface area contributed by atoms with E-state index in [2.05, 4.69) is 10.3 Å². The van der Waals surface area contributed by atoms with Crippen LogP contribution in [-0.2, 0) is 9.53 Å². The molecule has 0 aromatic heterocycles. The molecule has 0 radical (unpaired) electrons. The summed E-state index contributed by atoms with van der Waals surface area (Å²) in [5, 5.41) is 2.65. The third-order valence-electron chi connectivity index (χ3n) is 3.64. The van der Waals surface area contributed by atoms with Gasteiger partial charge in [0, 0.05) is 0 Å². The second-order valence-corrected chi connectivity index (χ2v) is 6.84. The Morgan fingerprint density at radius 3 is 2.04 bits per heavy atom. The van der Waals surface area contributed by atoms with Crippen LogP contribution >= 0.6 is 0 Å². The average molecular weight is 364 g/mol. The Morgan fingerprint density at radius 2 is 1.62 bits per heavy atom. The average Bonchev–Trinajstić information content (AvgIpc) is 2.52. The fourth-order valence-corrected chi connectivity index (χ4v) is 2.21. The molecule has 8 heteroatoms. The van der Waals surface area contributed by atoms with Gasteiger partial charge in [0.15, 0.2) is 5.96 Å². The standard InChI is InChI=1S/C18H28N4O4/c1-6-18(7-2,22-16(24)26-17(3,4)5)14(23)25-13-10-8-12(9-11-13)21-15(19)20/h8-11H,6-7H2,1-5H3,(H,22,24)(H4,19,20,21). The Kier molecular flexibility index (Phi) is 7.00. The van der Waals surface area contributed by atoms with E-state index in [1.54, 1.807) is 58.9 Å². The highest BCUT2D eigenvalue weighted by Gasteiger charge is 2.39. The number of alkyl carbamates (subject to hydrolysis) is 1. The van der Waals surface area contributed by atoms with Gasteiger partial charge in [0.2, 0.25) is 0 Å². The van der Waals surface area contributed by atoms with E-state index < -0.39 is 23.2 Å². The summed E-state index contributed by atoms with van der Waals surface area (Å²) >= 11 is 0. The largest absolute Gasteiger partial charge is 0.444 e. The summed E-state index contributed by atoms with van der Waals surface area (Å²) in [6.07, 6.45) is 0.0441. The number of carbonyl (C=O) groups excluding carboxylic acids is 2. The number of hydrogen-bond acceptors (Lipinski definition) is 5. The Hall–Kier alpha value is -2.77. The minimum atomic E-state index is -1.18. The lowest BCUT2D eigenvalue weighted by Gasteiger charge is -2.31. The summed E-state index contributed by atoms with van der Waals surface area (Å²) in [5.41, 5.74) is 9.33. The van der Waals surface area contributed by atoms with E-state index in [-0.39, 0.29) is 5.96 Å². The molecule has 0 aliphatic heterocycles. The van der Waals surface area contributed by atoms with Gasteiger partial charge in [0.1, 0.15) is 16.9 Å². The van der Waals surface area contributed by atoms with Crippen molar-refractivity contribution in [2.24, 2.45) is 16.5 Å². The third kappa shape index (κ3) is 6.27. The number of nitrogens with two attached hydrogens (primary N) is 2. The molecule has 1 aromatic rings. The minimum Gasteiger partial charge on any atom is -0.444 e. The van der Waals surface area contributed by atoms with Gasteiger partial charge in [-0.05, 0) is 57.9 Å². The van der Waals surface area contributed by atoms with Gasteiger partial charge >= 0.3 is 12.1 Å². The molecule has 0 saturated heterocycles. The maximum absolute atomic E-state index is 12.7. The van der Waals surface area contributed by atoms with Crippen molar-refractivity contribution in [2.45, 2.75) is 58.6 Å². The van der Waals surface area contributed by atoms with Crippen LogP contribution in [0.4, 0.5) is 10.5 Å². The molecule has 0 bridgehead atoms. The zero-order chi connectivity index (χ0) is 20.0. The molecule has 0 unspecified atom stereocenters. The Morgan fingerprint density at radius 1 is 1.08 bits per heavy atom. The van der Waals surface area contributed by atoms with Gasteiger partial charge in [-0.25, -0.2) is 14.6 Å². The lowest BCUT2D eigenvalue weighted by atomic mass is 9.93. The second kappa shape index (κ2) is 8.55. The molecule has 1 rings (SSSR count). The zero-order valence-electron chi connectivity index (χ0n) is 16.0. The molecule has 0 spiro atoms. The van der Waals surface area contributed by atoms with E-state index in [9.17, 15) is 9.59 Å². The Bertz CT molecular complexity index is 655. The number of hydrogen-bond donors (Lipinski definition) is 3. The molecule has 0 aliphatic rings. The van der Waals surface area contributed by atoms with Gasteiger partial charge in [0.25, 0.3) is 0 Å². The molecule has 0 saturated carbocycles. The summed E-state index contributed by atoms with van der Waals surface area (Å²) in [7, 11) is 0. The lowest BCUT2D eigenvalue weighted by Crippen LogP contribution is -2.56. The van der Waals surface area contributed by atoms with Crippen molar-refractivity contribution in [1.82, 2.24) is 5.32 Å². The van der Waals surface area contributed by atoms with E-state index in [0.29, 0.717) is 24.3 Å². The minimum absolute atomic E-state index is 0.0627. The summed E-state index contributed by atoms with van der Waals surface area (Å²) in [6.45, 7) is 8.85. The van der Waals surface area contributed by atoms with Crippen molar-refractivity contribution >= 4 is 23.7 Å². The van der Waals surface area contributed by atoms with Crippen molar-refractivity contribution in [1.29, 1.82) is 0 Å². The van der Waals surface area contributed by atoms with Gasteiger partial charge < -0.3 is 26.3 Å². The molecule has 0 aliphatic carbocycles. The number of guanidine groups is 1. The molecule has 0 heterocycles. The van der Waals surface area contributed by atoms with Crippen LogP contribution in [0.5, 0.6) is 5.75 Å². The molecule has 1 amide bonds. The highest BCUT2D eigenvalue weighted by molar-refractivity contribution is 5.87. The fraction of sp³-hybridized carbons (Fsp3) is 0.500. The van der Waals surface area contributed by atoms with Gasteiger partial charge in [0.05, 0.1) is 5.69 Å². The summed E-state index contributed by atoms with van der Waals surface area (Å²) in [6, 6.07) is 6.37. The topological polar surface area (TPSA) is 129 Å². The second-order valence-electron chi connectivity index (χ2n) is 6.84. The molecular formula is C18H28N4O4. The van der Waals surface area contributed by atoms with Gasteiger partial charge in [-0.2, -0.15) is 0 Å². The SMILES string of the molecule is CCC(CC)(NC(=O)OC(C)(C)C)C(=O)Oc1ccc(N=C(N)N)cc1. The van der Waals surface area contributed by atoms with Crippen LogP contribution in [-0.4, -0.2) is 29.2 Å². The number of aliphatic imine (C=N–C) groups is 1. The maximum atomic E-state index is 12.7. The molecule has 144 valence electrons. The van der Waals surface area contributed by atoms with E-state index >= 15 is 0 Å². The molecule has 26 heavy (non-hydrogen) atoms. The molecular weight excluding hydrogens is 336 g/mol. The Balaban J connectivity index is 2.90. The first-order valence-electron chi connectivity index (χ1n) is 8.44. The molecule has 0 atom stereocenters. The fourth-order valence-electron chi connectivity index (χ4n) is 2.21. The summed E-state index contributed by atoms with van der Waals surface area (Å²) in [4.78, 5) is 28.7. The first-order valence-corrected chi connectivity index (χ1v) is 8.44. The zero-order valence-corrected chi connectivity index (χ0v) is 16.0. The van der Waals surface area contributed by atoms with E-state index in [4.69, 9.17) is 20.9 Å². The van der Waals surface area contributed by atoms with Crippen molar-refractivity contribution < 1.29 is 19.1 Å². The third-order valence-corrected chi connectivity index (χ3v) is 3.64. The van der Waals surface area contributed by atoms with Crippen LogP contribution in [0.1, 0.15) is 47.5 Å². The normalized spacial score (nSPS) is 11.4. The molecule has 5 N–H and O–H groups in total. The number of amides is 1. The van der Waals surface area contributed by atoms with Crippen LogP contribution in [0.3, 0.4) is 0 Å². The quantitative estimate of drug-likeness (QED) is 0.308. The number of esters is 1. The number of benzene rings is 1. The first kappa shape index (κ1) is 21.3. The Labute approximate surface area is 153 Å². The number of carbonyl (C=O) groups is 2. The van der Waals surface area contributed by atoms with Crippen LogP contribution in [0, 0.1) is 0 Å². The number of rotatable bonds is 6. The molecule has 1 aromatic carbocycles. The smallest absolute Gasteiger partial charge is 0.408 e. The molecule has 0 fully saturated rings. The first-order chi connectivity index (χ1) is 12.0. The van der Waals surface area contributed by atoms with Crippen molar-refractivity contribution in [2.75, 3.05) is 0 Å². The van der Waals surface area contributed by atoms with Crippen LogP contribution in [0.2, 0.25) is 0 Å². The number of nitrogens with zero attached hydrogens (tertiary/aromatic N) is 1. The highest BCUT2D eigenvalue weighted by Crippen LogP contribution is 2.23. The van der Waals surface area contributed by atoms with Crippen LogP contribution < -0.4 is 21.5 Å². The number of nitrogens with one attached hydrogen (secondary N) is 1. The highest BCUT2D eigenvalue weighted by atomic mass is 16.6. The van der Waals surface area contributed by atoms with E-state index in [1.807, 2.05) is 0 Å². The monoisotopic (exact) mass is 364 g/mol. The lowest BCUT2D eigenvalue weighted by molar-refractivity contribution is -0.142. The van der Waals surface area contributed by atoms with E-state index in [0.717, 1.165) is 0 Å². The summed E-state index contributed by atoms with van der Waals surface area (Å²) in [5.74, 6) is -0.308. The predicted molar refractivity (Wildman–Crippen MR) is 100 cm³/mol. The van der Waals surface area contributed by atoms with Crippen LogP contribution in [0.25, 0.3) is 0 Å². The van der Waals surface area contributed by atoms with Crippen molar-refractivity contribution in [3.63, 3.8) is 0 Å². The number of ether oxygens (including phenoxy) is 2. The van der Waals surface area contributed by atoms with Crippen molar-refractivity contribution in [3.8, 4) is 5.75 Å². The van der Waals surface area contributed by atoms with Crippen molar-refractivity contribution in [3.05, 3.63) is 24.3 Å². The molecule has 8 nitrogen and oxygen atoms in total. The van der Waals surface area contributed by atoms with E-state index in [1.165, 1.54) is 0 Å². The predicted octanol–water partition coefficient (Wildman–Crippen LogP) is 2.58. The summed E-state index contributed by atoms with van der Waals surface area (Å²) < 4.78 is 10.7. The maximum Gasteiger partial charge on any atom is 0.408 e. The van der Waals surface area contributed by atoms with Gasteiger partial charge in [-0.1, -0.05) is 13.8 Å². The van der Waals surface area contributed by atoms with Crippen LogP contribution in [0.15, 0.2) is 29.3 Å². The van der Waals surface area contributed by atoms with Gasteiger partial charge in [-0.3, -0.25) is 0 Å². The van der Waals surface area contributed by atoms with Gasteiger partial charge in [-0.15, -0.1) is 0 Å².